The van der Waals surface area contributed by atoms with Crippen LogP contribution >= 0.6 is 35.6 Å². The van der Waals surface area contributed by atoms with Crippen molar-refractivity contribution >= 4 is 47.4 Å². The Hall–Kier alpha value is -1.94. The summed E-state index contributed by atoms with van der Waals surface area (Å²) in [7, 11) is 1.62. The molecule has 1 fully saturated rings. The quantitative estimate of drug-likeness (QED) is 0.314. The Morgan fingerprint density at radius 1 is 1.19 bits per heavy atom. The van der Waals surface area contributed by atoms with Crippen LogP contribution in [0.2, 0.25) is 5.02 Å². The Bertz CT molecular complexity index is 845. The van der Waals surface area contributed by atoms with Crippen LogP contribution in [-0.2, 0) is 6.54 Å². The van der Waals surface area contributed by atoms with Crippen LogP contribution in [0.5, 0.6) is 11.5 Å². The van der Waals surface area contributed by atoms with Crippen LogP contribution in [0.3, 0.4) is 0 Å². The maximum atomic E-state index is 6.40. The average Bonchev–Trinajstić information content (AvgIpc) is 2.79. The molecule has 3 rings (SSSR count). The number of anilines is 1. The number of methoxy groups -OCH3 is 1. The molecule has 0 aliphatic carbocycles. The summed E-state index contributed by atoms with van der Waals surface area (Å²) in [5.74, 6) is 3.13. The van der Waals surface area contributed by atoms with Crippen molar-refractivity contribution in [3.8, 4) is 11.5 Å². The summed E-state index contributed by atoms with van der Waals surface area (Å²) >= 11 is 6.40. The molecule has 1 aliphatic heterocycles. The van der Waals surface area contributed by atoms with Gasteiger partial charge < -0.3 is 24.6 Å². The van der Waals surface area contributed by atoms with Crippen LogP contribution in [-0.4, -0.2) is 62.3 Å². The van der Waals surface area contributed by atoms with Gasteiger partial charge >= 0.3 is 0 Å². The van der Waals surface area contributed by atoms with Crippen LogP contribution < -0.4 is 19.7 Å². The van der Waals surface area contributed by atoms with Crippen molar-refractivity contribution in [3.05, 3.63) is 47.1 Å². The number of hydrogen-bond donors (Lipinski definition) is 1. The molecule has 31 heavy (non-hydrogen) atoms. The van der Waals surface area contributed by atoms with E-state index >= 15 is 0 Å². The lowest BCUT2D eigenvalue weighted by Crippen LogP contribution is -2.52. The van der Waals surface area contributed by atoms with Crippen LogP contribution in [0.1, 0.15) is 19.4 Å². The fourth-order valence-corrected chi connectivity index (χ4v) is 3.72. The fourth-order valence-electron chi connectivity index (χ4n) is 3.43. The first-order valence-corrected chi connectivity index (χ1v) is 10.7. The van der Waals surface area contributed by atoms with Gasteiger partial charge in [0.05, 0.1) is 25.3 Å². The van der Waals surface area contributed by atoms with E-state index in [1.54, 1.807) is 7.11 Å². The molecule has 1 saturated heterocycles. The molecule has 0 unspecified atom stereocenters. The molecule has 170 valence electrons. The number of rotatable bonds is 7. The van der Waals surface area contributed by atoms with E-state index in [-0.39, 0.29) is 24.0 Å². The van der Waals surface area contributed by atoms with E-state index in [4.69, 9.17) is 26.1 Å². The van der Waals surface area contributed by atoms with E-state index in [9.17, 15) is 0 Å². The number of hydrogen-bond acceptors (Lipinski definition) is 5. The van der Waals surface area contributed by atoms with Gasteiger partial charge in [-0.25, -0.2) is 9.98 Å². The van der Waals surface area contributed by atoms with E-state index in [2.05, 4.69) is 33.1 Å². The Kier molecular flexibility index (Phi) is 10.5. The Morgan fingerprint density at radius 2 is 1.97 bits per heavy atom. The molecule has 7 nitrogen and oxygen atoms in total. The molecule has 0 radical (unpaired) electrons. The van der Waals surface area contributed by atoms with Crippen molar-refractivity contribution in [2.24, 2.45) is 4.99 Å². The Balaban J connectivity index is 0.00000341. The first-order valence-electron chi connectivity index (χ1n) is 10.3. The van der Waals surface area contributed by atoms with Crippen molar-refractivity contribution in [2.45, 2.75) is 20.4 Å². The average molecular weight is 560 g/mol. The minimum atomic E-state index is 0. The number of nitrogens with zero attached hydrogens (tertiary/aromatic N) is 4. The lowest BCUT2D eigenvalue weighted by atomic mass is 10.2. The predicted molar refractivity (Wildman–Crippen MR) is 137 cm³/mol. The Morgan fingerprint density at radius 3 is 2.58 bits per heavy atom. The highest BCUT2D eigenvalue weighted by molar-refractivity contribution is 14.0. The molecular formula is C22H31ClIN5O2. The Labute approximate surface area is 206 Å². The highest BCUT2D eigenvalue weighted by atomic mass is 127. The number of nitrogens with one attached hydrogen (secondary N) is 1. The lowest BCUT2D eigenvalue weighted by molar-refractivity contribution is 0.311. The minimum absolute atomic E-state index is 0. The van der Waals surface area contributed by atoms with Gasteiger partial charge in [-0.1, -0.05) is 17.7 Å². The first-order chi connectivity index (χ1) is 14.7. The molecule has 0 bridgehead atoms. The van der Waals surface area contributed by atoms with Gasteiger partial charge in [-0.3, -0.25) is 0 Å². The van der Waals surface area contributed by atoms with E-state index < -0.39 is 0 Å². The van der Waals surface area contributed by atoms with E-state index in [1.165, 1.54) is 0 Å². The summed E-state index contributed by atoms with van der Waals surface area (Å²) in [6, 6.07) is 9.84. The highest BCUT2D eigenvalue weighted by Crippen LogP contribution is 2.36. The zero-order valence-electron chi connectivity index (χ0n) is 18.3. The normalized spacial score (nSPS) is 14.1. The number of aliphatic imine (C=N–C) groups is 1. The smallest absolute Gasteiger partial charge is 0.194 e. The van der Waals surface area contributed by atoms with E-state index in [0.29, 0.717) is 29.7 Å². The monoisotopic (exact) mass is 559 g/mol. The zero-order chi connectivity index (χ0) is 21.3. The largest absolute Gasteiger partial charge is 0.493 e. The van der Waals surface area contributed by atoms with Gasteiger partial charge in [0.1, 0.15) is 5.82 Å². The van der Waals surface area contributed by atoms with Crippen molar-refractivity contribution < 1.29 is 9.47 Å². The van der Waals surface area contributed by atoms with Crippen LogP contribution in [0.15, 0.2) is 41.5 Å². The number of aromatic nitrogens is 1. The van der Waals surface area contributed by atoms with Gasteiger partial charge in [0.25, 0.3) is 0 Å². The summed E-state index contributed by atoms with van der Waals surface area (Å²) in [5.41, 5.74) is 0.975. The summed E-state index contributed by atoms with van der Waals surface area (Å²) < 4.78 is 11.0. The number of pyridine rings is 1. The van der Waals surface area contributed by atoms with Crippen molar-refractivity contribution in [2.75, 3.05) is 51.3 Å². The van der Waals surface area contributed by atoms with Crippen molar-refractivity contribution in [3.63, 3.8) is 0 Å². The van der Waals surface area contributed by atoms with Gasteiger partial charge in [0.2, 0.25) is 0 Å². The minimum Gasteiger partial charge on any atom is -0.493 e. The van der Waals surface area contributed by atoms with Gasteiger partial charge in [0.15, 0.2) is 17.5 Å². The number of halogens is 2. The molecule has 1 aromatic heterocycles. The molecule has 2 heterocycles. The number of guanidine groups is 1. The van der Waals surface area contributed by atoms with Gasteiger partial charge in [-0.15, -0.1) is 24.0 Å². The predicted octanol–water partition coefficient (Wildman–Crippen LogP) is 4.05. The van der Waals surface area contributed by atoms with E-state index in [0.717, 1.165) is 50.1 Å². The summed E-state index contributed by atoms with van der Waals surface area (Å²) in [5, 5.41) is 3.94. The molecule has 0 atom stereocenters. The first kappa shape index (κ1) is 25.3. The molecule has 0 amide bonds. The summed E-state index contributed by atoms with van der Waals surface area (Å²) in [4.78, 5) is 13.9. The third kappa shape index (κ3) is 6.77. The van der Waals surface area contributed by atoms with Crippen LogP contribution in [0.4, 0.5) is 5.82 Å². The maximum absolute atomic E-state index is 6.40. The molecule has 1 aliphatic rings. The zero-order valence-corrected chi connectivity index (χ0v) is 21.4. The number of ether oxygens (including phenoxy) is 2. The standard InChI is InChI=1S/C22H30ClN5O2.HI/c1-4-24-22(28-12-10-27(11-13-28)20-8-6-7-9-25-20)26-16-17-14-18(23)21(30-5-2)19(15-17)29-3;/h6-9,14-15H,4-5,10-13,16H2,1-3H3,(H,24,26);1H. The molecule has 9 heteroatoms. The molecular weight excluding hydrogens is 529 g/mol. The third-order valence-corrected chi connectivity index (χ3v) is 5.16. The SMILES string of the molecule is CCNC(=NCc1cc(Cl)c(OCC)c(OC)c1)N1CCN(c2ccccn2)CC1.I. The molecule has 0 spiro atoms. The second-order valence-electron chi connectivity index (χ2n) is 6.87. The molecule has 2 aromatic rings. The van der Waals surface area contributed by atoms with Gasteiger partial charge in [0, 0.05) is 38.9 Å². The van der Waals surface area contributed by atoms with Crippen molar-refractivity contribution in [1.29, 1.82) is 0 Å². The highest BCUT2D eigenvalue weighted by Gasteiger charge is 2.20. The topological polar surface area (TPSA) is 62.2 Å². The summed E-state index contributed by atoms with van der Waals surface area (Å²) in [6.45, 7) is 9.43. The lowest BCUT2D eigenvalue weighted by Gasteiger charge is -2.37. The third-order valence-electron chi connectivity index (χ3n) is 4.88. The number of piperazine rings is 1. The van der Waals surface area contributed by atoms with Crippen LogP contribution in [0, 0.1) is 0 Å². The number of benzene rings is 1. The fraction of sp³-hybridized carbons (Fsp3) is 0.455. The van der Waals surface area contributed by atoms with Crippen molar-refractivity contribution in [1.82, 2.24) is 15.2 Å². The second kappa shape index (κ2) is 12.8. The van der Waals surface area contributed by atoms with E-state index in [1.807, 2.05) is 37.4 Å². The van der Waals surface area contributed by atoms with Gasteiger partial charge in [-0.2, -0.15) is 0 Å². The second-order valence-corrected chi connectivity index (χ2v) is 7.28. The molecule has 0 saturated carbocycles. The molecule has 1 N–H and O–H groups in total. The molecule has 1 aromatic carbocycles. The maximum Gasteiger partial charge on any atom is 0.194 e. The van der Waals surface area contributed by atoms with Crippen LogP contribution in [0.25, 0.3) is 0 Å². The van der Waals surface area contributed by atoms with Gasteiger partial charge in [-0.05, 0) is 43.7 Å². The summed E-state index contributed by atoms with van der Waals surface area (Å²) in [6.07, 6.45) is 1.84.